The van der Waals surface area contributed by atoms with Crippen LogP contribution in [-0.4, -0.2) is 53.1 Å². The van der Waals surface area contributed by atoms with Gasteiger partial charge in [0.1, 0.15) is 12.0 Å². The number of nitrogens with zero attached hydrogens (tertiary/aromatic N) is 3. The average molecular weight is 489 g/mol. The summed E-state index contributed by atoms with van der Waals surface area (Å²) in [6.45, 7) is 5.15. The average Bonchev–Trinajstić information content (AvgIpc) is 2.97. The molecule has 2 aromatic rings. The van der Waals surface area contributed by atoms with Gasteiger partial charge in [-0.2, -0.15) is 4.31 Å². The van der Waals surface area contributed by atoms with Crippen LogP contribution >= 0.6 is 11.6 Å². The quantitative estimate of drug-likeness (QED) is 0.627. The molecule has 3 fully saturated rings. The molecule has 10 heteroatoms. The third kappa shape index (κ3) is 3.59. The van der Waals surface area contributed by atoms with Crippen molar-refractivity contribution in [2.45, 2.75) is 48.7 Å². The second kappa shape index (κ2) is 8.18. The van der Waals surface area contributed by atoms with E-state index >= 15 is 0 Å². The lowest BCUT2D eigenvalue weighted by molar-refractivity contribution is -0.193. The number of aromatic nitrogens is 1. The van der Waals surface area contributed by atoms with Crippen LogP contribution in [0.3, 0.4) is 0 Å². The van der Waals surface area contributed by atoms with E-state index in [2.05, 4.69) is 16.5 Å². The van der Waals surface area contributed by atoms with Gasteiger partial charge in [-0.25, -0.2) is 8.42 Å². The SMILES string of the molecule is C=C[C@@H]1CN(Cc2ccccn2)C2O[C@]13CCC[C@@H]2N3S(=O)(=O)c1cc(Cl)cc(C(N)=O)c1. The molecule has 8 nitrogen and oxygen atoms in total. The number of rotatable bonds is 6. The first-order valence-electron chi connectivity index (χ1n) is 10.9. The molecule has 4 atom stereocenters. The monoisotopic (exact) mass is 488 g/mol. The summed E-state index contributed by atoms with van der Waals surface area (Å²) in [6, 6.07) is 9.36. The third-order valence-electron chi connectivity index (χ3n) is 6.82. The molecule has 33 heavy (non-hydrogen) atoms. The lowest BCUT2D eigenvalue weighted by Gasteiger charge is -2.47. The van der Waals surface area contributed by atoms with E-state index in [-0.39, 0.29) is 27.4 Å². The molecule has 2 N–H and O–H groups in total. The van der Waals surface area contributed by atoms with Crippen molar-refractivity contribution in [3.8, 4) is 0 Å². The number of benzene rings is 1. The fourth-order valence-electron chi connectivity index (χ4n) is 5.44. The number of hydrogen-bond acceptors (Lipinski definition) is 6. The van der Waals surface area contributed by atoms with Crippen molar-refractivity contribution in [3.63, 3.8) is 0 Å². The molecule has 3 saturated heterocycles. The first-order chi connectivity index (χ1) is 15.8. The minimum Gasteiger partial charge on any atom is -0.366 e. The highest BCUT2D eigenvalue weighted by Crippen LogP contribution is 2.54. The second-order valence-electron chi connectivity index (χ2n) is 8.75. The highest BCUT2D eigenvalue weighted by atomic mass is 35.5. The summed E-state index contributed by atoms with van der Waals surface area (Å²) in [4.78, 5) is 18.3. The number of sulfonamides is 1. The molecule has 5 rings (SSSR count). The van der Waals surface area contributed by atoms with E-state index in [1.165, 1.54) is 22.5 Å². The number of amides is 1. The van der Waals surface area contributed by atoms with Crippen molar-refractivity contribution >= 4 is 27.5 Å². The van der Waals surface area contributed by atoms with Gasteiger partial charge in [-0.1, -0.05) is 23.7 Å². The topological polar surface area (TPSA) is 106 Å². The van der Waals surface area contributed by atoms with Gasteiger partial charge in [0.2, 0.25) is 15.9 Å². The van der Waals surface area contributed by atoms with Gasteiger partial charge in [0.15, 0.2) is 0 Å². The van der Waals surface area contributed by atoms with E-state index in [9.17, 15) is 13.2 Å². The minimum atomic E-state index is -4.05. The highest BCUT2D eigenvalue weighted by Gasteiger charge is 2.66. The number of nitrogens with two attached hydrogens (primary N) is 1. The van der Waals surface area contributed by atoms with E-state index in [0.717, 1.165) is 12.1 Å². The molecule has 3 bridgehead atoms. The summed E-state index contributed by atoms with van der Waals surface area (Å²) in [6.07, 6.45) is 5.19. The lowest BCUT2D eigenvalue weighted by Crippen LogP contribution is -2.58. The molecule has 0 saturated carbocycles. The number of primary amides is 1. The fourth-order valence-corrected chi connectivity index (χ4v) is 7.77. The van der Waals surface area contributed by atoms with E-state index in [1.54, 1.807) is 12.3 Å². The number of halogens is 1. The van der Waals surface area contributed by atoms with Gasteiger partial charge in [-0.15, -0.1) is 6.58 Å². The number of piperidine rings is 1. The number of ether oxygens (including phenoxy) is 1. The zero-order chi connectivity index (χ0) is 23.4. The van der Waals surface area contributed by atoms with E-state index in [0.29, 0.717) is 25.9 Å². The van der Waals surface area contributed by atoms with Crippen molar-refractivity contribution < 1.29 is 17.9 Å². The lowest BCUT2D eigenvalue weighted by atomic mass is 9.87. The maximum absolute atomic E-state index is 14.0. The summed E-state index contributed by atoms with van der Waals surface area (Å²) >= 11 is 6.15. The number of carbonyl (C=O) groups is 1. The van der Waals surface area contributed by atoms with Crippen LogP contribution in [0, 0.1) is 5.92 Å². The fraction of sp³-hybridized carbons (Fsp3) is 0.391. The predicted octanol–water partition coefficient (Wildman–Crippen LogP) is 2.75. The van der Waals surface area contributed by atoms with Crippen LogP contribution in [0.5, 0.6) is 0 Å². The van der Waals surface area contributed by atoms with Crippen LogP contribution in [0.25, 0.3) is 0 Å². The van der Waals surface area contributed by atoms with Gasteiger partial charge in [0.05, 0.1) is 16.6 Å². The predicted molar refractivity (Wildman–Crippen MR) is 123 cm³/mol. The van der Waals surface area contributed by atoms with Gasteiger partial charge >= 0.3 is 0 Å². The first kappa shape index (κ1) is 22.5. The second-order valence-corrected chi connectivity index (χ2v) is 11.0. The number of carbonyl (C=O) groups excluding carboxylic acids is 1. The molecule has 0 radical (unpaired) electrons. The molecule has 3 aliphatic heterocycles. The van der Waals surface area contributed by atoms with Crippen molar-refractivity contribution in [1.82, 2.24) is 14.2 Å². The Bertz CT molecular complexity index is 1210. The molecule has 1 amide bonds. The number of fused-ring (bicyclic) bond motifs is 3. The Balaban J connectivity index is 1.58. The zero-order valence-corrected chi connectivity index (χ0v) is 19.5. The molecule has 4 heterocycles. The molecular formula is C23H25ClN4O4S. The summed E-state index contributed by atoms with van der Waals surface area (Å²) < 4.78 is 36.1. The Labute approximate surface area is 198 Å². The zero-order valence-electron chi connectivity index (χ0n) is 17.9. The van der Waals surface area contributed by atoms with Gasteiger partial charge in [0, 0.05) is 35.8 Å². The van der Waals surface area contributed by atoms with Crippen LogP contribution < -0.4 is 5.73 Å². The molecule has 174 valence electrons. The third-order valence-corrected chi connectivity index (χ3v) is 8.97. The Morgan fingerprint density at radius 1 is 1.36 bits per heavy atom. The van der Waals surface area contributed by atoms with Crippen molar-refractivity contribution in [1.29, 1.82) is 0 Å². The summed E-state index contributed by atoms with van der Waals surface area (Å²) in [7, 11) is -4.05. The van der Waals surface area contributed by atoms with E-state index in [1.807, 2.05) is 18.2 Å². The standard InChI is InChI=1S/C23H25ClN4O4S/c1-2-16-13-27(14-18-6-3-4-9-26-18)22-20-7-5-8-23(16,32-22)28(20)33(30,31)19-11-15(21(25)29)10-17(24)12-19/h2-4,6,9-12,16,20,22H,1,5,7-8,13-14H2,(H2,25,29)/t16-,20+,22?,23-/m1/s1. The number of pyridine rings is 1. The van der Waals surface area contributed by atoms with Crippen molar-refractivity contribution in [3.05, 3.63) is 71.5 Å². The molecular weight excluding hydrogens is 464 g/mol. The van der Waals surface area contributed by atoms with Crippen molar-refractivity contribution in [2.75, 3.05) is 6.54 Å². The normalized spacial score (nSPS) is 29.7. The smallest absolute Gasteiger partial charge is 0.248 e. The summed E-state index contributed by atoms with van der Waals surface area (Å²) in [5, 5.41) is 0.132. The van der Waals surface area contributed by atoms with Gasteiger partial charge < -0.3 is 10.5 Å². The molecule has 3 aliphatic rings. The van der Waals surface area contributed by atoms with Crippen LogP contribution in [0.2, 0.25) is 5.02 Å². The molecule has 1 spiro atoms. The summed E-state index contributed by atoms with van der Waals surface area (Å²) in [5.41, 5.74) is 5.31. The minimum absolute atomic E-state index is 0.0453. The highest BCUT2D eigenvalue weighted by molar-refractivity contribution is 7.89. The Hall–Kier alpha value is -2.30. The van der Waals surface area contributed by atoms with Gasteiger partial charge in [-0.05, 0) is 49.6 Å². The summed E-state index contributed by atoms with van der Waals surface area (Å²) in [5.74, 6) is -0.985. The van der Waals surface area contributed by atoms with Gasteiger partial charge in [0.25, 0.3) is 0 Å². The Morgan fingerprint density at radius 3 is 2.88 bits per heavy atom. The number of hydrogen-bond donors (Lipinski definition) is 1. The largest absolute Gasteiger partial charge is 0.366 e. The van der Waals surface area contributed by atoms with Crippen LogP contribution in [0.1, 0.15) is 35.3 Å². The van der Waals surface area contributed by atoms with Crippen LogP contribution in [-0.2, 0) is 21.3 Å². The molecule has 1 aromatic heterocycles. The van der Waals surface area contributed by atoms with Crippen LogP contribution in [0.15, 0.2) is 60.1 Å². The Kier molecular flexibility index (Phi) is 5.57. The first-order valence-corrected chi connectivity index (χ1v) is 12.7. The molecule has 1 aromatic carbocycles. The van der Waals surface area contributed by atoms with E-state index < -0.39 is 27.9 Å². The van der Waals surface area contributed by atoms with Crippen molar-refractivity contribution in [2.24, 2.45) is 11.7 Å². The Morgan fingerprint density at radius 2 is 2.18 bits per heavy atom. The maximum Gasteiger partial charge on any atom is 0.248 e. The molecule has 1 unspecified atom stereocenters. The van der Waals surface area contributed by atoms with Crippen LogP contribution in [0.4, 0.5) is 0 Å². The maximum atomic E-state index is 14.0. The molecule has 0 aliphatic carbocycles. The van der Waals surface area contributed by atoms with Gasteiger partial charge in [-0.3, -0.25) is 14.7 Å². The van der Waals surface area contributed by atoms with E-state index in [4.69, 9.17) is 22.1 Å².